The van der Waals surface area contributed by atoms with Gasteiger partial charge in [0.1, 0.15) is 11.5 Å². The molecule has 0 atom stereocenters. The first kappa shape index (κ1) is 21.3. The van der Waals surface area contributed by atoms with E-state index < -0.39 is 9.84 Å². The van der Waals surface area contributed by atoms with Crippen LogP contribution in [0.25, 0.3) is 0 Å². The molecule has 0 amide bonds. The molecule has 0 saturated heterocycles. The molecular formula is C22H29N3O3S. The second kappa shape index (κ2) is 8.97. The van der Waals surface area contributed by atoms with E-state index >= 15 is 0 Å². The quantitative estimate of drug-likeness (QED) is 0.530. The van der Waals surface area contributed by atoms with Crippen LogP contribution in [0.4, 0.5) is 0 Å². The number of rotatable bonds is 9. The highest BCUT2D eigenvalue weighted by Gasteiger charge is 2.25. The lowest BCUT2D eigenvalue weighted by Crippen LogP contribution is -2.22. The van der Waals surface area contributed by atoms with Gasteiger partial charge in [-0.3, -0.25) is 4.90 Å². The molecule has 0 saturated carbocycles. The van der Waals surface area contributed by atoms with Crippen molar-refractivity contribution in [1.29, 1.82) is 0 Å². The minimum absolute atomic E-state index is 0.0372. The fraction of sp³-hybridized carbons (Fsp3) is 0.409. The highest BCUT2D eigenvalue weighted by atomic mass is 32.2. The van der Waals surface area contributed by atoms with E-state index in [9.17, 15) is 8.42 Å². The number of benzene rings is 1. The van der Waals surface area contributed by atoms with E-state index in [1.807, 2.05) is 74.9 Å². The normalized spacial score (nSPS) is 12.2. The first-order valence-corrected chi connectivity index (χ1v) is 11.4. The fourth-order valence-corrected chi connectivity index (χ4v) is 5.14. The van der Waals surface area contributed by atoms with Crippen molar-refractivity contribution >= 4 is 9.84 Å². The number of sulfone groups is 1. The maximum atomic E-state index is 12.9. The van der Waals surface area contributed by atoms with E-state index in [4.69, 9.17) is 4.42 Å². The van der Waals surface area contributed by atoms with E-state index in [2.05, 4.69) is 9.88 Å². The highest BCUT2D eigenvalue weighted by molar-refractivity contribution is 7.91. The lowest BCUT2D eigenvalue weighted by atomic mass is 10.2. The molecule has 2 aromatic heterocycles. The average Bonchev–Trinajstić information content (AvgIpc) is 3.21. The van der Waals surface area contributed by atoms with Gasteiger partial charge in [0.15, 0.2) is 0 Å². The van der Waals surface area contributed by atoms with Gasteiger partial charge < -0.3 is 8.98 Å². The summed E-state index contributed by atoms with van der Waals surface area (Å²) in [6.07, 6.45) is 1.68. The van der Waals surface area contributed by atoms with Crippen LogP contribution in [0.2, 0.25) is 0 Å². The van der Waals surface area contributed by atoms with Gasteiger partial charge in [-0.05, 0) is 37.6 Å². The van der Waals surface area contributed by atoms with Gasteiger partial charge in [0.2, 0.25) is 15.0 Å². The second-order valence-electron chi connectivity index (χ2n) is 7.96. The summed E-state index contributed by atoms with van der Waals surface area (Å²) in [5.41, 5.74) is 1.90. The standard InChI is InChI=1S/C22H29N3O3S/c1-17(2)16-29(26,27)22-23-12-20(25(22)13-19-8-6-5-7-9-19)14-24(4)15-21-11-10-18(3)28-21/h5-12,17H,13-16H2,1-4H3. The Morgan fingerprint density at radius 1 is 1.10 bits per heavy atom. The van der Waals surface area contributed by atoms with Gasteiger partial charge in [-0.15, -0.1) is 0 Å². The molecule has 7 heteroatoms. The van der Waals surface area contributed by atoms with Crippen LogP contribution in [0.3, 0.4) is 0 Å². The minimum Gasteiger partial charge on any atom is -0.465 e. The van der Waals surface area contributed by atoms with Crippen LogP contribution in [0.5, 0.6) is 0 Å². The first-order chi connectivity index (χ1) is 13.7. The van der Waals surface area contributed by atoms with E-state index in [-0.39, 0.29) is 16.8 Å². The SMILES string of the molecule is Cc1ccc(CN(C)Cc2cnc(S(=O)(=O)CC(C)C)n2Cc2ccccc2)o1. The third-order valence-corrected chi connectivity index (χ3v) is 6.56. The summed E-state index contributed by atoms with van der Waals surface area (Å²) in [7, 11) is -1.48. The van der Waals surface area contributed by atoms with Crippen molar-refractivity contribution in [3.05, 3.63) is 71.4 Å². The molecule has 29 heavy (non-hydrogen) atoms. The Bertz CT molecular complexity index is 1040. The Morgan fingerprint density at radius 2 is 1.83 bits per heavy atom. The number of furan rings is 1. The lowest BCUT2D eigenvalue weighted by molar-refractivity contribution is 0.278. The van der Waals surface area contributed by atoms with Gasteiger partial charge in [-0.2, -0.15) is 0 Å². The predicted octanol–water partition coefficient (Wildman–Crippen LogP) is 3.89. The van der Waals surface area contributed by atoms with Crippen LogP contribution in [0, 0.1) is 12.8 Å². The van der Waals surface area contributed by atoms with Crippen molar-refractivity contribution in [2.45, 2.75) is 45.6 Å². The second-order valence-corrected chi connectivity index (χ2v) is 9.89. The van der Waals surface area contributed by atoms with E-state index in [1.54, 1.807) is 6.20 Å². The number of aryl methyl sites for hydroxylation is 1. The summed E-state index contributed by atoms with van der Waals surface area (Å²) in [5.74, 6) is 1.88. The van der Waals surface area contributed by atoms with Crippen molar-refractivity contribution in [3.8, 4) is 0 Å². The van der Waals surface area contributed by atoms with Crippen molar-refractivity contribution in [3.63, 3.8) is 0 Å². The van der Waals surface area contributed by atoms with Crippen LogP contribution in [-0.2, 0) is 29.5 Å². The maximum Gasteiger partial charge on any atom is 0.228 e. The van der Waals surface area contributed by atoms with Crippen LogP contribution in [-0.4, -0.2) is 35.7 Å². The van der Waals surface area contributed by atoms with Crippen LogP contribution < -0.4 is 0 Å². The molecule has 0 unspecified atom stereocenters. The molecule has 3 rings (SSSR count). The smallest absolute Gasteiger partial charge is 0.228 e. The van der Waals surface area contributed by atoms with Gasteiger partial charge in [0.05, 0.1) is 30.7 Å². The summed E-state index contributed by atoms with van der Waals surface area (Å²) in [6, 6.07) is 13.8. The molecule has 156 valence electrons. The van der Waals surface area contributed by atoms with Gasteiger partial charge in [0.25, 0.3) is 0 Å². The molecular weight excluding hydrogens is 386 g/mol. The molecule has 1 aromatic carbocycles. The molecule has 0 radical (unpaired) electrons. The zero-order chi connectivity index (χ0) is 21.0. The zero-order valence-electron chi connectivity index (χ0n) is 17.5. The van der Waals surface area contributed by atoms with Crippen molar-refractivity contribution in [1.82, 2.24) is 14.5 Å². The zero-order valence-corrected chi connectivity index (χ0v) is 18.3. The molecule has 0 aliphatic carbocycles. The van der Waals surface area contributed by atoms with Gasteiger partial charge in [-0.1, -0.05) is 44.2 Å². The molecule has 0 aliphatic heterocycles. The molecule has 0 aliphatic rings. The third-order valence-electron chi connectivity index (χ3n) is 4.57. The number of imidazole rings is 1. The summed E-state index contributed by atoms with van der Waals surface area (Å²) < 4.78 is 33.4. The summed E-state index contributed by atoms with van der Waals surface area (Å²) >= 11 is 0. The molecule has 6 nitrogen and oxygen atoms in total. The van der Waals surface area contributed by atoms with Crippen molar-refractivity contribution in [2.75, 3.05) is 12.8 Å². The average molecular weight is 416 g/mol. The molecule has 0 fully saturated rings. The predicted molar refractivity (Wildman–Crippen MR) is 113 cm³/mol. The van der Waals surface area contributed by atoms with Gasteiger partial charge >= 0.3 is 0 Å². The Labute approximate surface area is 173 Å². The van der Waals surface area contributed by atoms with E-state index in [0.717, 1.165) is 22.8 Å². The summed E-state index contributed by atoms with van der Waals surface area (Å²) in [5, 5.41) is 0.146. The van der Waals surface area contributed by atoms with Crippen LogP contribution in [0.15, 0.2) is 58.2 Å². The topological polar surface area (TPSA) is 68.3 Å². The van der Waals surface area contributed by atoms with E-state index in [1.165, 1.54) is 0 Å². The van der Waals surface area contributed by atoms with Crippen LogP contribution >= 0.6 is 0 Å². The van der Waals surface area contributed by atoms with E-state index in [0.29, 0.717) is 19.6 Å². The van der Waals surface area contributed by atoms with Crippen molar-refractivity contribution < 1.29 is 12.8 Å². The van der Waals surface area contributed by atoms with Gasteiger partial charge in [-0.25, -0.2) is 13.4 Å². The largest absolute Gasteiger partial charge is 0.465 e. The molecule has 0 spiro atoms. The van der Waals surface area contributed by atoms with Gasteiger partial charge in [0, 0.05) is 6.54 Å². The molecule has 0 N–H and O–H groups in total. The fourth-order valence-electron chi connectivity index (χ4n) is 3.38. The first-order valence-electron chi connectivity index (χ1n) is 9.79. The maximum absolute atomic E-state index is 12.9. The Hall–Kier alpha value is -2.38. The Balaban J connectivity index is 1.89. The lowest BCUT2D eigenvalue weighted by Gasteiger charge is -2.18. The Kier molecular flexibility index (Phi) is 6.59. The number of hydrogen-bond donors (Lipinski definition) is 0. The summed E-state index contributed by atoms with van der Waals surface area (Å²) in [4.78, 5) is 6.42. The monoisotopic (exact) mass is 415 g/mol. The minimum atomic E-state index is -3.47. The number of hydrogen-bond acceptors (Lipinski definition) is 5. The summed E-state index contributed by atoms with van der Waals surface area (Å²) in [6.45, 7) is 7.40. The number of aromatic nitrogens is 2. The molecule has 0 bridgehead atoms. The highest BCUT2D eigenvalue weighted by Crippen LogP contribution is 2.20. The van der Waals surface area contributed by atoms with Crippen molar-refractivity contribution in [2.24, 2.45) is 5.92 Å². The molecule has 2 heterocycles. The number of nitrogens with zero attached hydrogens (tertiary/aromatic N) is 3. The van der Waals surface area contributed by atoms with Crippen LogP contribution in [0.1, 0.15) is 36.6 Å². The Morgan fingerprint density at radius 3 is 2.45 bits per heavy atom. The third kappa shape index (κ3) is 5.58. The molecule has 3 aromatic rings.